The Bertz CT molecular complexity index is 809. The Morgan fingerprint density at radius 2 is 2.12 bits per heavy atom. The van der Waals surface area contributed by atoms with Gasteiger partial charge in [-0.3, -0.25) is 4.79 Å². The van der Waals surface area contributed by atoms with Crippen LogP contribution in [0.1, 0.15) is 25.4 Å². The zero-order valence-corrected chi connectivity index (χ0v) is 16.1. The van der Waals surface area contributed by atoms with Crippen molar-refractivity contribution in [3.8, 4) is 0 Å². The van der Waals surface area contributed by atoms with Crippen LogP contribution in [0, 0.1) is 0 Å². The average molecular weight is 375 g/mol. The Hall–Kier alpha value is -1.86. The summed E-state index contributed by atoms with van der Waals surface area (Å²) in [5, 5.41) is 1.99. The van der Waals surface area contributed by atoms with Crippen molar-refractivity contribution >= 4 is 40.0 Å². The van der Waals surface area contributed by atoms with E-state index in [0.717, 1.165) is 39.1 Å². The first-order valence-electron chi connectivity index (χ1n) is 8.48. The molecule has 25 heavy (non-hydrogen) atoms. The van der Waals surface area contributed by atoms with E-state index in [9.17, 15) is 4.79 Å². The number of hydrogen-bond acceptors (Lipinski definition) is 5. The van der Waals surface area contributed by atoms with E-state index in [2.05, 4.69) is 21.9 Å². The predicted molar refractivity (Wildman–Crippen MR) is 104 cm³/mol. The Morgan fingerprint density at radius 1 is 1.28 bits per heavy atom. The molecule has 0 saturated heterocycles. The largest absolute Gasteiger partial charge is 0.342 e. The van der Waals surface area contributed by atoms with Gasteiger partial charge in [-0.1, -0.05) is 30.8 Å². The number of benzene rings is 1. The van der Waals surface area contributed by atoms with Crippen molar-refractivity contribution in [2.45, 2.75) is 31.0 Å². The fourth-order valence-corrected chi connectivity index (χ4v) is 4.39. The number of rotatable bonds is 8. The van der Waals surface area contributed by atoms with Crippen molar-refractivity contribution in [1.29, 1.82) is 0 Å². The number of carbonyl (C=O) groups is 1. The lowest BCUT2D eigenvalue weighted by molar-refractivity contribution is -0.130. The molecule has 0 unspecified atom stereocenters. The summed E-state index contributed by atoms with van der Waals surface area (Å²) in [5.74, 6) is 2.04. The van der Waals surface area contributed by atoms with Crippen molar-refractivity contribution in [2.24, 2.45) is 0 Å². The Morgan fingerprint density at radius 3 is 2.88 bits per heavy atom. The molecule has 0 aliphatic carbocycles. The molecular formula is C18H22N4OS2. The van der Waals surface area contributed by atoms with Gasteiger partial charge in [0.1, 0.15) is 10.2 Å². The normalized spacial score (nSPS) is 11.1. The lowest BCUT2D eigenvalue weighted by Crippen LogP contribution is -2.34. The number of imidazole rings is 1. The minimum atomic E-state index is 0.122. The van der Waals surface area contributed by atoms with Crippen LogP contribution in [0.25, 0.3) is 11.0 Å². The number of aromatic amines is 1. The quantitative estimate of drug-likeness (QED) is 0.610. The first-order chi connectivity index (χ1) is 12.2. The number of likely N-dealkylation sites (N-methyl/N-ethyl adjacent to an activating group) is 1. The summed E-state index contributed by atoms with van der Waals surface area (Å²) in [6.07, 6.45) is 1.09. The molecule has 3 aromatic rings. The van der Waals surface area contributed by atoms with Crippen molar-refractivity contribution in [2.75, 3.05) is 18.8 Å². The second kappa shape index (κ2) is 8.49. The average Bonchev–Trinajstić information content (AvgIpc) is 3.22. The summed E-state index contributed by atoms with van der Waals surface area (Å²) in [4.78, 5) is 26.8. The van der Waals surface area contributed by atoms with E-state index >= 15 is 0 Å². The van der Waals surface area contributed by atoms with Gasteiger partial charge in [-0.25, -0.2) is 9.97 Å². The molecule has 0 fully saturated rings. The molecule has 2 aromatic heterocycles. The van der Waals surface area contributed by atoms with Gasteiger partial charge in [0.2, 0.25) is 5.91 Å². The number of thiazole rings is 1. The molecule has 0 bridgehead atoms. The molecule has 0 spiro atoms. The fraction of sp³-hybridized carbons (Fsp3) is 0.389. The number of fused-ring (bicyclic) bond motifs is 1. The van der Waals surface area contributed by atoms with Gasteiger partial charge >= 0.3 is 0 Å². The molecule has 0 aliphatic heterocycles. The van der Waals surface area contributed by atoms with Crippen LogP contribution in [-0.2, 0) is 17.6 Å². The zero-order chi connectivity index (χ0) is 17.6. The standard InChI is InChI=1S/C18H22N4OS2/c1-3-22(17(23)11-13-12-25-18(19-13)24-4-2)10-9-16-20-14-7-5-6-8-15(14)21-16/h5-8,12H,3-4,9-11H2,1-2H3,(H,20,21). The number of nitrogens with zero attached hydrogens (tertiary/aromatic N) is 3. The molecule has 1 aromatic carbocycles. The molecule has 132 valence electrons. The van der Waals surface area contributed by atoms with Crippen molar-refractivity contribution in [1.82, 2.24) is 19.9 Å². The van der Waals surface area contributed by atoms with Gasteiger partial charge in [0.25, 0.3) is 0 Å². The minimum absolute atomic E-state index is 0.122. The van der Waals surface area contributed by atoms with Gasteiger partial charge in [0, 0.05) is 24.9 Å². The Kier molecular flexibility index (Phi) is 6.09. The second-order valence-electron chi connectivity index (χ2n) is 5.64. The molecule has 0 atom stereocenters. The van der Waals surface area contributed by atoms with E-state index in [4.69, 9.17) is 0 Å². The highest BCUT2D eigenvalue weighted by atomic mass is 32.2. The zero-order valence-electron chi connectivity index (χ0n) is 14.5. The molecule has 0 aliphatic rings. The maximum absolute atomic E-state index is 12.6. The number of thioether (sulfide) groups is 1. The van der Waals surface area contributed by atoms with Crippen LogP contribution in [0.3, 0.4) is 0 Å². The van der Waals surface area contributed by atoms with Crippen LogP contribution in [0.2, 0.25) is 0 Å². The molecule has 2 heterocycles. The minimum Gasteiger partial charge on any atom is -0.342 e. The molecule has 3 rings (SSSR count). The van der Waals surface area contributed by atoms with E-state index < -0.39 is 0 Å². The maximum Gasteiger partial charge on any atom is 0.228 e. The lowest BCUT2D eigenvalue weighted by atomic mass is 10.2. The SMILES string of the molecule is CCSc1nc(CC(=O)N(CC)CCc2nc3ccccc3[nH]2)cs1. The van der Waals surface area contributed by atoms with Crippen LogP contribution >= 0.6 is 23.1 Å². The summed E-state index contributed by atoms with van der Waals surface area (Å²) in [6, 6.07) is 7.98. The smallest absolute Gasteiger partial charge is 0.228 e. The summed E-state index contributed by atoms with van der Waals surface area (Å²) < 4.78 is 1.04. The van der Waals surface area contributed by atoms with Crippen LogP contribution in [0.15, 0.2) is 34.0 Å². The van der Waals surface area contributed by atoms with Crippen molar-refractivity contribution in [3.63, 3.8) is 0 Å². The van der Waals surface area contributed by atoms with Gasteiger partial charge in [-0.05, 0) is 24.8 Å². The van der Waals surface area contributed by atoms with Gasteiger partial charge in [0.15, 0.2) is 0 Å². The summed E-state index contributed by atoms with van der Waals surface area (Å²) in [5.41, 5.74) is 2.87. The maximum atomic E-state index is 12.6. The second-order valence-corrected chi connectivity index (χ2v) is 8.01. The lowest BCUT2D eigenvalue weighted by Gasteiger charge is -2.19. The summed E-state index contributed by atoms with van der Waals surface area (Å²) in [6.45, 7) is 5.47. The molecule has 5 nitrogen and oxygen atoms in total. The molecular weight excluding hydrogens is 352 g/mol. The number of hydrogen-bond donors (Lipinski definition) is 1. The molecule has 0 radical (unpaired) electrons. The highest BCUT2D eigenvalue weighted by molar-refractivity contribution is 8.00. The Balaban J connectivity index is 1.58. The molecule has 1 amide bonds. The number of nitrogens with one attached hydrogen (secondary N) is 1. The van der Waals surface area contributed by atoms with Crippen LogP contribution in [-0.4, -0.2) is 44.6 Å². The number of amides is 1. The molecule has 7 heteroatoms. The third kappa shape index (κ3) is 4.61. The number of para-hydroxylation sites is 2. The summed E-state index contributed by atoms with van der Waals surface area (Å²) in [7, 11) is 0. The molecule has 1 N–H and O–H groups in total. The fourth-order valence-electron chi connectivity index (χ4n) is 2.65. The predicted octanol–water partition coefficient (Wildman–Crippen LogP) is 3.77. The van der Waals surface area contributed by atoms with E-state index in [1.807, 2.05) is 41.5 Å². The van der Waals surface area contributed by atoms with E-state index in [1.54, 1.807) is 23.1 Å². The first-order valence-corrected chi connectivity index (χ1v) is 10.3. The highest BCUT2D eigenvalue weighted by Crippen LogP contribution is 2.22. The van der Waals surface area contributed by atoms with E-state index in [-0.39, 0.29) is 5.91 Å². The van der Waals surface area contributed by atoms with Crippen molar-refractivity contribution < 1.29 is 4.79 Å². The molecule has 0 saturated carbocycles. The van der Waals surface area contributed by atoms with Crippen LogP contribution in [0.5, 0.6) is 0 Å². The van der Waals surface area contributed by atoms with Gasteiger partial charge in [-0.2, -0.15) is 0 Å². The number of H-pyrrole nitrogens is 1. The number of aromatic nitrogens is 3. The number of carbonyl (C=O) groups excluding carboxylic acids is 1. The van der Waals surface area contributed by atoms with Crippen molar-refractivity contribution in [3.05, 3.63) is 41.2 Å². The topological polar surface area (TPSA) is 61.9 Å². The summed E-state index contributed by atoms with van der Waals surface area (Å²) >= 11 is 3.33. The third-order valence-corrected chi connectivity index (χ3v) is 5.87. The van der Waals surface area contributed by atoms with Gasteiger partial charge < -0.3 is 9.88 Å². The van der Waals surface area contributed by atoms with Crippen LogP contribution in [0.4, 0.5) is 0 Å². The van der Waals surface area contributed by atoms with Crippen LogP contribution < -0.4 is 0 Å². The van der Waals surface area contributed by atoms with Gasteiger partial charge in [-0.15, -0.1) is 11.3 Å². The highest BCUT2D eigenvalue weighted by Gasteiger charge is 2.15. The van der Waals surface area contributed by atoms with E-state index in [1.165, 1.54) is 0 Å². The monoisotopic (exact) mass is 374 g/mol. The first kappa shape index (κ1) is 17.9. The van der Waals surface area contributed by atoms with E-state index in [0.29, 0.717) is 19.5 Å². The Labute approximate surface area is 155 Å². The van der Waals surface area contributed by atoms with Gasteiger partial charge in [0.05, 0.1) is 23.1 Å². The third-order valence-electron chi connectivity index (χ3n) is 3.92.